The summed E-state index contributed by atoms with van der Waals surface area (Å²) in [6, 6.07) is 11.9. The molecule has 130 valence electrons. The minimum absolute atomic E-state index is 0.151. The smallest absolute Gasteiger partial charge is 0.255 e. The molecule has 0 aromatic heterocycles. The molecule has 0 radical (unpaired) electrons. The molecule has 0 aliphatic heterocycles. The number of rotatable bonds is 4. The lowest BCUT2D eigenvalue weighted by Crippen LogP contribution is -2.32. The Bertz CT molecular complexity index is 802. The van der Waals surface area contributed by atoms with E-state index in [0.29, 0.717) is 21.8 Å². The molecule has 6 heteroatoms. The van der Waals surface area contributed by atoms with Gasteiger partial charge in [0.25, 0.3) is 11.8 Å². The van der Waals surface area contributed by atoms with Crippen molar-refractivity contribution in [3.05, 3.63) is 63.6 Å². The predicted molar refractivity (Wildman–Crippen MR) is 101 cm³/mol. The monoisotopic (exact) mass is 376 g/mol. The van der Waals surface area contributed by atoms with Gasteiger partial charge in [-0.1, -0.05) is 48.2 Å². The minimum Gasteiger partial charge on any atom is -0.349 e. The minimum atomic E-state index is -0.348. The van der Waals surface area contributed by atoms with Gasteiger partial charge < -0.3 is 10.6 Å². The molecule has 1 aliphatic rings. The van der Waals surface area contributed by atoms with Gasteiger partial charge >= 0.3 is 0 Å². The molecular weight excluding hydrogens is 359 g/mol. The van der Waals surface area contributed by atoms with Crippen molar-refractivity contribution in [2.24, 2.45) is 0 Å². The number of halogens is 2. The third-order valence-electron chi connectivity index (χ3n) is 4.28. The molecular formula is C19H18Cl2N2O2. The third kappa shape index (κ3) is 4.33. The van der Waals surface area contributed by atoms with Crippen molar-refractivity contribution >= 4 is 40.7 Å². The molecule has 2 amide bonds. The maximum atomic E-state index is 12.5. The normalized spacial score (nSPS) is 14.3. The molecule has 25 heavy (non-hydrogen) atoms. The summed E-state index contributed by atoms with van der Waals surface area (Å²) in [5, 5.41) is 6.39. The van der Waals surface area contributed by atoms with Gasteiger partial charge in [0.15, 0.2) is 0 Å². The lowest BCUT2D eigenvalue weighted by atomic mass is 10.1. The Morgan fingerprint density at radius 3 is 2.28 bits per heavy atom. The average molecular weight is 377 g/mol. The van der Waals surface area contributed by atoms with Crippen molar-refractivity contribution in [2.75, 3.05) is 5.32 Å². The molecule has 2 N–H and O–H groups in total. The highest BCUT2D eigenvalue weighted by Crippen LogP contribution is 2.29. The van der Waals surface area contributed by atoms with Crippen LogP contribution in [-0.4, -0.2) is 17.9 Å². The quantitative estimate of drug-likeness (QED) is 0.795. The van der Waals surface area contributed by atoms with Crippen LogP contribution in [-0.2, 0) is 0 Å². The van der Waals surface area contributed by atoms with E-state index in [1.807, 2.05) is 0 Å². The summed E-state index contributed by atoms with van der Waals surface area (Å²) in [6.45, 7) is 0. The molecule has 0 saturated heterocycles. The van der Waals surface area contributed by atoms with Gasteiger partial charge in [0.05, 0.1) is 15.7 Å². The molecule has 0 spiro atoms. The van der Waals surface area contributed by atoms with E-state index in [0.717, 1.165) is 25.7 Å². The Hall–Kier alpha value is -2.04. The number of anilines is 1. The van der Waals surface area contributed by atoms with Gasteiger partial charge in [-0.15, -0.1) is 0 Å². The molecule has 1 fully saturated rings. The van der Waals surface area contributed by atoms with Crippen LogP contribution in [0.2, 0.25) is 10.0 Å². The van der Waals surface area contributed by atoms with Gasteiger partial charge in [0, 0.05) is 17.2 Å². The molecule has 0 heterocycles. The summed E-state index contributed by atoms with van der Waals surface area (Å²) < 4.78 is 0. The van der Waals surface area contributed by atoms with Gasteiger partial charge in [-0.3, -0.25) is 9.59 Å². The standard InChI is InChI=1S/C19H18Cl2N2O2/c20-15-9-4-10-16(17(15)21)23-19(25)13-6-3-5-12(11-13)18(24)22-14-7-1-2-8-14/h3-6,9-11,14H,1-2,7-8H2,(H,22,24)(H,23,25). The van der Waals surface area contributed by atoms with Crippen molar-refractivity contribution in [3.8, 4) is 0 Å². The van der Waals surface area contributed by atoms with Gasteiger partial charge in [-0.2, -0.15) is 0 Å². The van der Waals surface area contributed by atoms with Gasteiger partial charge in [-0.25, -0.2) is 0 Å². The van der Waals surface area contributed by atoms with E-state index >= 15 is 0 Å². The molecule has 0 unspecified atom stereocenters. The zero-order valence-electron chi connectivity index (χ0n) is 13.5. The van der Waals surface area contributed by atoms with E-state index in [-0.39, 0.29) is 22.9 Å². The fourth-order valence-electron chi connectivity index (χ4n) is 2.94. The van der Waals surface area contributed by atoms with Gasteiger partial charge in [-0.05, 0) is 43.2 Å². The second-order valence-electron chi connectivity index (χ2n) is 6.09. The highest BCUT2D eigenvalue weighted by Gasteiger charge is 2.19. The molecule has 1 saturated carbocycles. The van der Waals surface area contributed by atoms with Crippen molar-refractivity contribution in [2.45, 2.75) is 31.7 Å². The molecule has 1 aliphatic carbocycles. The lowest BCUT2D eigenvalue weighted by Gasteiger charge is -2.13. The number of carbonyl (C=O) groups excluding carboxylic acids is 2. The summed E-state index contributed by atoms with van der Waals surface area (Å²) in [5.74, 6) is -0.498. The van der Waals surface area contributed by atoms with Gasteiger partial charge in [0.2, 0.25) is 0 Å². The van der Waals surface area contributed by atoms with Crippen LogP contribution in [0.25, 0.3) is 0 Å². The van der Waals surface area contributed by atoms with Gasteiger partial charge in [0.1, 0.15) is 0 Å². The number of carbonyl (C=O) groups is 2. The topological polar surface area (TPSA) is 58.2 Å². The van der Waals surface area contributed by atoms with E-state index in [1.54, 1.807) is 42.5 Å². The summed E-state index contributed by atoms with van der Waals surface area (Å²) in [7, 11) is 0. The molecule has 2 aromatic carbocycles. The van der Waals surface area contributed by atoms with Crippen LogP contribution in [0.15, 0.2) is 42.5 Å². The highest BCUT2D eigenvalue weighted by molar-refractivity contribution is 6.44. The Morgan fingerprint density at radius 1 is 0.920 bits per heavy atom. The average Bonchev–Trinajstić information content (AvgIpc) is 3.12. The van der Waals surface area contributed by atoms with Crippen LogP contribution in [0.5, 0.6) is 0 Å². The maximum absolute atomic E-state index is 12.5. The Kier molecular flexibility index (Phi) is 5.61. The summed E-state index contributed by atoms with van der Waals surface area (Å²) in [4.78, 5) is 24.8. The third-order valence-corrected chi connectivity index (χ3v) is 5.10. The molecule has 2 aromatic rings. The Labute approximate surface area is 156 Å². The number of benzene rings is 2. The van der Waals surface area contributed by atoms with Crippen LogP contribution >= 0.6 is 23.2 Å². The highest BCUT2D eigenvalue weighted by atomic mass is 35.5. The predicted octanol–water partition coefficient (Wildman–Crippen LogP) is 4.92. The first-order chi connectivity index (χ1) is 12.0. The number of hydrogen-bond acceptors (Lipinski definition) is 2. The van der Waals surface area contributed by atoms with E-state index in [4.69, 9.17) is 23.2 Å². The van der Waals surface area contributed by atoms with Crippen molar-refractivity contribution in [1.82, 2.24) is 5.32 Å². The fourth-order valence-corrected chi connectivity index (χ4v) is 3.28. The first-order valence-electron chi connectivity index (χ1n) is 8.21. The zero-order valence-corrected chi connectivity index (χ0v) is 15.0. The number of amides is 2. The largest absolute Gasteiger partial charge is 0.349 e. The number of hydrogen-bond donors (Lipinski definition) is 2. The lowest BCUT2D eigenvalue weighted by molar-refractivity contribution is 0.0938. The summed E-state index contributed by atoms with van der Waals surface area (Å²) in [5.41, 5.74) is 1.28. The van der Waals surface area contributed by atoms with E-state index in [2.05, 4.69) is 10.6 Å². The van der Waals surface area contributed by atoms with Crippen LogP contribution in [0.1, 0.15) is 46.4 Å². The Balaban J connectivity index is 1.72. The first-order valence-corrected chi connectivity index (χ1v) is 8.96. The second-order valence-corrected chi connectivity index (χ2v) is 6.88. The van der Waals surface area contributed by atoms with Crippen molar-refractivity contribution in [1.29, 1.82) is 0 Å². The molecule has 3 rings (SSSR count). The van der Waals surface area contributed by atoms with E-state index < -0.39 is 0 Å². The van der Waals surface area contributed by atoms with Crippen molar-refractivity contribution in [3.63, 3.8) is 0 Å². The van der Waals surface area contributed by atoms with Crippen LogP contribution in [0.4, 0.5) is 5.69 Å². The Morgan fingerprint density at radius 2 is 1.56 bits per heavy atom. The fraction of sp³-hybridized carbons (Fsp3) is 0.263. The summed E-state index contributed by atoms with van der Waals surface area (Å²) in [6.07, 6.45) is 4.32. The van der Waals surface area contributed by atoms with Crippen molar-refractivity contribution < 1.29 is 9.59 Å². The maximum Gasteiger partial charge on any atom is 0.255 e. The summed E-state index contributed by atoms with van der Waals surface area (Å²) >= 11 is 12.0. The van der Waals surface area contributed by atoms with Crippen LogP contribution in [0, 0.1) is 0 Å². The first kappa shape index (κ1) is 17.8. The molecule has 0 bridgehead atoms. The second kappa shape index (κ2) is 7.89. The molecule has 4 nitrogen and oxygen atoms in total. The van der Waals surface area contributed by atoms with E-state index in [9.17, 15) is 9.59 Å². The number of nitrogens with one attached hydrogen (secondary N) is 2. The molecule has 0 atom stereocenters. The van der Waals surface area contributed by atoms with Crippen LogP contribution < -0.4 is 10.6 Å². The zero-order chi connectivity index (χ0) is 17.8. The SMILES string of the molecule is O=C(Nc1cccc(Cl)c1Cl)c1cccc(C(=O)NC2CCCC2)c1. The van der Waals surface area contributed by atoms with Crippen LogP contribution in [0.3, 0.4) is 0 Å². The van der Waals surface area contributed by atoms with E-state index in [1.165, 1.54) is 0 Å².